The highest BCUT2D eigenvalue weighted by molar-refractivity contribution is 5.80. The van der Waals surface area contributed by atoms with Crippen LogP contribution in [-0.2, 0) is 11.2 Å². The molecule has 0 spiro atoms. The Morgan fingerprint density at radius 3 is 2.71 bits per heavy atom. The summed E-state index contributed by atoms with van der Waals surface area (Å²) < 4.78 is 42.3. The van der Waals surface area contributed by atoms with Crippen molar-refractivity contribution in [2.75, 3.05) is 32.8 Å². The third-order valence-electron chi connectivity index (χ3n) is 5.91. The molecule has 4 nitrogen and oxygen atoms in total. The predicted molar refractivity (Wildman–Crippen MR) is 116 cm³/mol. The van der Waals surface area contributed by atoms with Crippen LogP contribution >= 0.6 is 0 Å². The number of ether oxygens (including phenoxy) is 1. The minimum Gasteiger partial charge on any atom is -0.494 e. The van der Waals surface area contributed by atoms with Crippen molar-refractivity contribution in [2.24, 2.45) is 17.8 Å². The van der Waals surface area contributed by atoms with E-state index in [1.54, 1.807) is 0 Å². The van der Waals surface area contributed by atoms with E-state index >= 15 is 0 Å². The first kappa shape index (κ1) is 23.6. The number of halogens is 3. The molecule has 3 rings (SSSR count). The summed E-state index contributed by atoms with van der Waals surface area (Å²) in [4.78, 5) is 14.5. The number of nitrogens with zero attached hydrogens (tertiary/aromatic N) is 1. The van der Waals surface area contributed by atoms with Gasteiger partial charge in [0.05, 0.1) is 12.5 Å². The lowest BCUT2D eigenvalue weighted by atomic mass is 9.83. The van der Waals surface area contributed by atoms with Crippen molar-refractivity contribution < 1.29 is 22.7 Å². The summed E-state index contributed by atoms with van der Waals surface area (Å²) in [6.07, 6.45) is -1.90. The van der Waals surface area contributed by atoms with E-state index in [0.717, 1.165) is 38.2 Å². The lowest BCUT2D eigenvalue weighted by Crippen LogP contribution is -2.54. The highest BCUT2D eigenvalue weighted by atomic mass is 19.4. The smallest absolute Gasteiger partial charge is 0.389 e. The van der Waals surface area contributed by atoms with E-state index in [9.17, 15) is 18.0 Å². The summed E-state index contributed by atoms with van der Waals surface area (Å²) in [5, 5.41) is 3.01. The molecule has 172 valence electrons. The molecule has 1 saturated heterocycles. The number of rotatable bonds is 9. The number of amides is 1. The monoisotopic (exact) mass is 438 g/mol. The van der Waals surface area contributed by atoms with Gasteiger partial charge in [0.1, 0.15) is 5.75 Å². The second-order valence-electron chi connectivity index (χ2n) is 9.28. The molecule has 0 radical (unpaired) electrons. The average molecular weight is 439 g/mol. The number of nitrogens with one attached hydrogen (secondary N) is 1. The van der Waals surface area contributed by atoms with Crippen LogP contribution in [-0.4, -0.2) is 49.8 Å². The minimum atomic E-state index is -4.13. The van der Waals surface area contributed by atoms with Crippen molar-refractivity contribution in [1.29, 1.82) is 0 Å². The van der Waals surface area contributed by atoms with Crippen LogP contribution in [0.2, 0.25) is 0 Å². The van der Waals surface area contributed by atoms with Crippen LogP contribution in [0.4, 0.5) is 13.2 Å². The molecule has 1 amide bonds. The molecule has 2 aliphatic rings. The summed E-state index contributed by atoms with van der Waals surface area (Å²) in [7, 11) is 0. The van der Waals surface area contributed by atoms with E-state index in [2.05, 4.69) is 37.1 Å². The van der Waals surface area contributed by atoms with Gasteiger partial charge in [-0.25, -0.2) is 0 Å². The Kier molecular flexibility index (Phi) is 7.68. The van der Waals surface area contributed by atoms with E-state index in [0.29, 0.717) is 17.6 Å². The topological polar surface area (TPSA) is 41.6 Å². The number of carbonyl (C=O) groups excluding carboxylic acids is 1. The second kappa shape index (κ2) is 10.1. The van der Waals surface area contributed by atoms with Crippen LogP contribution in [0, 0.1) is 17.8 Å². The Bertz CT molecular complexity index is 799. The maximum Gasteiger partial charge on any atom is 0.389 e. The van der Waals surface area contributed by atoms with E-state index in [1.165, 1.54) is 11.1 Å². The van der Waals surface area contributed by atoms with Gasteiger partial charge in [0.25, 0.3) is 0 Å². The Labute approximate surface area is 182 Å². The zero-order valence-electron chi connectivity index (χ0n) is 18.6. The first-order valence-corrected chi connectivity index (χ1v) is 11.1. The summed E-state index contributed by atoms with van der Waals surface area (Å²) in [5.74, 6) is 1.70. The van der Waals surface area contributed by atoms with Gasteiger partial charge in [0.2, 0.25) is 5.91 Å². The highest BCUT2D eigenvalue weighted by Gasteiger charge is 2.33. The zero-order valence-corrected chi connectivity index (χ0v) is 18.6. The summed E-state index contributed by atoms with van der Waals surface area (Å²) >= 11 is 0. The molecule has 0 saturated carbocycles. The lowest BCUT2D eigenvalue weighted by molar-refractivity contribution is -0.136. The molecule has 31 heavy (non-hydrogen) atoms. The van der Waals surface area contributed by atoms with Crippen LogP contribution in [0.25, 0.3) is 6.08 Å². The van der Waals surface area contributed by atoms with Gasteiger partial charge in [-0.2, -0.15) is 13.2 Å². The van der Waals surface area contributed by atoms with Crippen molar-refractivity contribution in [3.63, 3.8) is 0 Å². The number of carbonyl (C=O) groups is 1. The van der Waals surface area contributed by atoms with Gasteiger partial charge in [0, 0.05) is 32.6 Å². The van der Waals surface area contributed by atoms with Gasteiger partial charge in [-0.05, 0) is 47.9 Å². The Morgan fingerprint density at radius 2 is 2.03 bits per heavy atom. The van der Waals surface area contributed by atoms with Gasteiger partial charge in [-0.15, -0.1) is 0 Å². The van der Waals surface area contributed by atoms with E-state index in [4.69, 9.17) is 4.74 Å². The first-order valence-electron chi connectivity index (χ1n) is 11.1. The van der Waals surface area contributed by atoms with Gasteiger partial charge >= 0.3 is 6.18 Å². The Morgan fingerprint density at radius 1 is 1.29 bits per heavy atom. The van der Waals surface area contributed by atoms with E-state index < -0.39 is 12.6 Å². The highest BCUT2D eigenvalue weighted by Crippen LogP contribution is 2.32. The molecule has 0 bridgehead atoms. The number of benzene rings is 1. The molecule has 1 fully saturated rings. The number of hydrogen-bond acceptors (Lipinski definition) is 3. The molecular formula is C24H33F3N2O2. The van der Waals surface area contributed by atoms with Crippen molar-refractivity contribution >= 4 is 12.0 Å². The molecule has 1 aromatic rings. The number of hydrogen-bond donors (Lipinski definition) is 1. The first-order chi connectivity index (χ1) is 14.6. The zero-order chi connectivity index (χ0) is 22.6. The normalized spacial score (nSPS) is 19.6. The molecule has 1 heterocycles. The number of likely N-dealkylation sites (tertiary alicyclic amines) is 1. The average Bonchev–Trinajstić information content (AvgIpc) is 2.65. The molecular weight excluding hydrogens is 405 g/mol. The summed E-state index contributed by atoms with van der Waals surface area (Å²) in [6, 6.07) is 5.76. The maximum atomic E-state index is 12.2. The fourth-order valence-corrected chi connectivity index (χ4v) is 4.03. The summed E-state index contributed by atoms with van der Waals surface area (Å²) in [6.45, 7) is 9.62. The fourth-order valence-electron chi connectivity index (χ4n) is 4.03. The van der Waals surface area contributed by atoms with Gasteiger partial charge in [-0.3, -0.25) is 9.69 Å². The molecule has 1 N–H and O–H groups in total. The molecule has 0 aromatic heterocycles. The third kappa shape index (κ3) is 6.99. The Balaban J connectivity index is 1.49. The van der Waals surface area contributed by atoms with Crippen LogP contribution in [0.1, 0.15) is 44.7 Å². The van der Waals surface area contributed by atoms with Crippen molar-refractivity contribution in [1.82, 2.24) is 10.2 Å². The van der Waals surface area contributed by atoms with Crippen LogP contribution < -0.4 is 10.1 Å². The lowest BCUT2D eigenvalue weighted by Gasteiger charge is -2.40. The summed E-state index contributed by atoms with van der Waals surface area (Å²) in [5.41, 5.74) is 3.66. The molecule has 1 aliphatic heterocycles. The molecule has 1 aliphatic carbocycles. The van der Waals surface area contributed by atoms with Crippen LogP contribution in [0.15, 0.2) is 23.8 Å². The number of fused-ring (bicyclic) bond motifs is 1. The van der Waals surface area contributed by atoms with Crippen LogP contribution in [0.3, 0.4) is 0 Å². The van der Waals surface area contributed by atoms with Gasteiger partial charge < -0.3 is 10.1 Å². The van der Waals surface area contributed by atoms with Crippen molar-refractivity contribution in [3.05, 3.63) is 34.9 Å². The van der Waals surface area contributed by atoms with Crippen LogP contribution in [0.5, 0.6) is 5.75 Å². The number of alkyl halides is 3. The molecule has 1 aromatic carbocycles. The minimum absolute atomic E-state index is 0.0344. The largest absolute Gasteiger partial charge is 0.494 e. The Hall–Kier alpha value is -2.02. The van der Waals surface area contributed by atoms with Gasteiger partial charge in [-0.1, -0.05) is 38.5 Å². The van der Waals surface area contributed by atoms with Gasteiger partial charge in [0.15, 0.2) is 0 Å². The van der Waals surface area contributed by atoms with Crippen molar-refractivity contribution in [3.8, 4) is 5.75 Å². The fraction of sp³-hybridized carbons (Fsp3) is 0.625. The second-order valence-corrected chi connectivity index (χ2v) is 9.28. The maximum absolute atomic E-state index is 12.2. The standard InChI is InChI=1S/C24H33F3N2O2/c1-16(2)12-28-23(30)21-14-29(15-21)13-20-10-18-5-6-22(11-19(18)9-17(20)3)31-8-4-7-24(25,26)27/h5-6,10-11,16-17,21H,4,7-9,12-15H2,1-3H3,(H,28,30)/t17-/m0/s1. The third-order valence-corrected chi connectivity index (χ3v) is 5.91. The van der Waals surface area contributed by atoms with Crippen molar-refractivity contribution in [2.45, 2.75) is 46.2 Å². The SMILES string of the molecule is CC(C)CNC(=O)C1CN(CC2=Cc3ccc(OCCCC(F)(F)F)cc3C[C@@H]2C)C1. The van der Waals surface area contributed by atoms with E-state index in [1.807, 2.05) is 18.2 Å². The van der Waals surface area contributed by atoms with E-state index in [-0.39, 0.29) is 24.9 Å². The molecule has 1 atom stereocenters. The molecule has 0 unspecified atom stereocenters. The molecule has 7 heteroatoms. The quantitative estimate of drug-likeness (QED) is 0.569. The predicted octanol–water partition coefficient (Wildman–Crippen LogP) is 4.69.